The first-order valence-corrected chi connectivity index (χ1v) is 6.98. The number of esters is 1. The first-order chi connectivity index (χ1) is 10.7. The molecule has 112 valence electrons. The van der Waals surface area contributed by atoms with Crippen LogP contribution in [0.15, 0.2) is 47.7 Å². The summed E-state index contributed by atoms with van der Waals surface area (Å²) < 4.78 is 6.63. The van der Waals surface area contributed by atoms with Gasteiger partial charge in [-0.1, -0.05) is 30.3 Å². The monoisotopic (exact) mass is 297 g/mol. The Morgan fingerprint density at radius 3 is 2.82 bits per heavy atom. The Labute approximate surface area is 126 Å². The number of nitrogens with zero attached hydrogens (tertiary/aromatic N) is 2. The van der Waals surface area contributed by atoms with Crippen molar-refractivity contribution in [3.05, 3.63) is 64.2 Å². The lowest BCUT2D eigenvalue weighted by atomic mass is 10.2. The van der Waals surface area contributed by atoms with Crippen molar-refractivity contribution in [1.29, 1.82) is 0 Å². The van der Waals surface area contributed by atoms with Crippen LogP contribution in [-0.4, -0.2) is 27.1 Å². The van der Waals surface area contributed by atoms with Crippen LogP contribution >= 0.6 is 0 Å². The van der Waals surface area contributed by atoms with E-state index in [2.05, 4.69) is 9.97 Å². The number of imidazole rings is 1. The maximum absolute atomic E-state index is 12.5. The molecule has 0 amide bonds. The van der Waals surface area contributed by atoms with Crippen LogP contribution in [0.25, 0.3) is 11.2 Å². The number of carbonyl (C=O) groups is 1. The van der Waals surface area contributed by atoms with E-state index < -0.39 is 5.97 Å². The molecule has 6 heteroatoms. The van der Waals surface area contributed by atoms with Gasteiger partial charge in [0.25, 0.3) is 0 Å². The van der Waals surface area contributed by atoms with Gasteiger partial charge in [-0.3, -0.25) is 4.79 Å². The molecule has 0 atom stereocenters. The van der Waals surface area contributed by atoms with Crippen molar-refractivity contribution in [2.24, 2.45) is 0 Å². The molecule has 0 radical (unpaired) electrons. The van der Waals surface area contributed by atoms with Gasteiger partial charge >= 0.3 is 5.97 Å². The zero-order chi connectivity index (χ0) is 15.5. The highest BCUT2D eigenvalue weighted by Crippen LogP contribution is 2.10. The molecule has 0 fully saturated rings. The van der Waals surface area contributed by atoms with Gasteiger partial charge in [-0.25, -0.2) is 9.78 Å². The van der Waals surface area contributed by atoms with E-state index in [0.29, 0.717) is 17.7 Å². The third-order valence-corrected chi connectivity index (χ3v) is 3.34. The number of pyridine rings is 1. The Hall–Kier alpha value is -2.89. The summed E-state index contributed by atoms with van der Waals surface area (Å²) in [6.07, 6.45) is 2.94. The lowest BCUT2D eigenvalue weighted by Gasteiger charge is -2.05. The van der Waals surface area contributed by atoms with Crippen LogP contribution in [0.1, 0.15) is 22.8 Å². The molecule has 1 N–H and O–H groups in total. The molecule has 0 spiro atoms. The number of carbonyl (C=O) groups excluding carboxylic acids is 1. The molecule has 2 heterocycles. The number of hydrogen-bond donors (Lipinski definition) is 1. The Balaban J connectivity index is 2.07. The number of H-pyrrole nitrogens is 1. The predicted molar refractivity (Wildman–Crippen MR) is 81.9 cm³/mol. The largest absolute Gasteiger partial charge is 0.462 e. The third kappa shape index (κ3) is 2.50. The van der Waals surface area contributed by atoms with Crippen molar-refractivity contribution in [2.45, 2.75) is 13.5 Å². The standard InChI is InChI=1S/C16H15N3O3/c1-2-22-16(21)12-8-17-15-13(14(12)20)19(10-18-15)9-11-6-4-3-5-7-11/h3-8,10H,2,9H2,1H3,(H,17,20). The highest BCUT2D eigenvalue weighted by Gasteiger charge is 2.17. The van der Waals surface area contributed by atoms with Crippen molar-refractivity contribution in [3.63, 3.8) is 0 Å². The summed E-state index contributed by atoms with van der Waals surface area (Å²) >= 11 is 0. The van der Waals surface area contributed by atoms with Crippen LogP contribution in [0.2, 0.25) is 0 Å². The molecule has 0 saturated carbocycles. The number of aromatic amines is 1. The molecule has 3 rings (SSSR count). The summed E-state index contributed by atoms with van der Waals surface area (Å²) in [5, 5.41) is 0. The molecule has 0 bridgehead atoms. The van der Waals surface area contributed by atoms with E-state index in [1.165, 1.54) is 6.20 Å². The number of fused-ring (bicyclic) bond motifs is 1. The topological polar surface area (TPSA) is 77.0 Å². The van der Waals surface area contributed by atoms with E-state index in [-0.39, 0.29) is 17.6 Å². The van der Waals surface area contributed by atoms with Gasteiger partial charge in [0.2, 0.25) is 5.43 Å². The van der Waals surface area contributed by atoms with Crippen LogP contribution < -0.4 is 5.43 Å². The van der Waals surface area contributed by atoms with E-state index in [4.69, 9.17) is 4.74 Å². The molecule has 22 heavy (non-hydrogen) atoms. The molecule has 0 aliphatic carbocycles. The molecule has 3 aromatic rings. The Bertz CT molecular complexity index is 865. The summed E-state index contributed by atoms with van der Waals surface area (Å²) in [5.74, 6) is -0.627. The lowest BCUT2D eigenvalue weighted by molar-refractivity contribution is 0.0524. The number of benzene rings is 1. The van der Waals surface area contributed by atoms with Gasteiger partial charge < -0.3 is 14.3 Å². The average Bonchev–Trinajstić information content (AvgIpc) is 2.93. The van der Waals surface area contributed by atoms with Gasteiger partial charge in [0.05, 0.1) is 12.9 Å². The van der Waals surface area contributed by atoms with Gasteiger partial charge in [0.15, 0.2) is 5.65 Å². The van der Waals surface area contributed by atoms with Crippen LogP contribution in [0.3, 0.4) is 0 Å². The van der Waals surface area contributed by atoms with Crippen molar-refractivity contribution in [1.82, 2.24) is 14.5 Å². The molecular weight excluding hydrogens is 282 g/mol. The second kappa shape index (κ2) is 5.85. The second-order valence-electron chi connectivity index (χ2n) is 4.81. The molecule has 0 aliphatic heterocycles. The first kappa shape index (κ1) is 14.1. The van der Waals surface area contributed by atoms with E-state index >= 15 is 0 Å². The van der Waals surface area contributed by atoms with Gasteiger partial charge in [-0.15, -0.1) is 0 Å². The third-order valence-electron chi connectivity index (χ3n) is 3.34. The van der Waals surface area contributed by atoms with Gasteiger partial charge in [-0.2, -0.15) is 0 Å². The summed E-state index contributed by atoms with van der Waals surface area (Å²) in [6.45, 7) is 2.43. The van der Waals surface area contributed by atoms with Crippen LogP contribution in [0, 0.1) is 0 Å². The average molecular weight is 297 g/mol. The molecule has 0 unspecified atom stereocenters. The van der Waals surface area contributed by atoms with Crippen LogP contribution in [0.5, 0.6) is 0 Å². The Morgan fingerprint density at radius 1 is 1.32 bits per heavy atom. The predicted octanol–water partition coefficient (Wildman–Crippen LogP) is 1.95. The summed E-state index contributed by atoms with van der Waals surface area (Å²) in [6, 6.07) is 9.73. The van der Waals surface area contributed by atoms with Gasteiger partial charge in [0.1, 0.15) is 11.1 Å². The zero-order valence-corrected chi connectivity index (χ0v) is 12.1. The van der Waals surface area contributed by atoms with E-state index in [0.717, 1.165) is 5.56 Å². The SMILES string of the molecule is CCOC(=O)c1c[nH]c2ncn(Cc3ccccc3)c2c1=O. The normalized spacial score (nSPS) is 10.8. The fraction of sp³-hybridized carbons (Fsp3) is 0.188. The fourth-order valence-electron chi connectivity index (χ4n) is 2.32. The summed E-state index contributed by atoms with van der Waals surface area (Å²) in [4.78, 5) is 31.4. The maximum atomic E-state index is 12.5. The minimum atomic E-state index is -0.627. The second-order valence-corrected chi connectivity index (χ2v) is 4.81. The van der Waals surface area contributed by atoms with E-state index in [9.17, 15) is 9.59 Å². The molecule has 2 aromatic heterocycles. The number of rotatable bonds is 4. The van der Waals surface area contributed by atoms with Crippen molar-refractivity contribution in [2.75, 3.05) is 6.61 Å². The first-order valence-electron chi connectivity index (χ1n) is 6.98. The summed E-state index contributed by atoms with van der Waals surface area (Å²) in [5.41, 5.74) is 1.48. The Kier molecular flexibility index (Phi) is 3.74. The van der Waals surface area contributed by atoms with Crippen LogP contribution in [0.4, 0.5) is 0 Å². The van der Waals surface area contributed by atoms with Gasteiger partial charge in [0, 0.05) is 12.7 Å². The minimum absolute atomic E-state index is 0.0100. The van der Waals surface area contributed by atoms with Crippen molar-refractivity contribution in [3.8, 4) is 0 Å². The fourth-order valence-corrected chi connectivity index (χ4v) is 2.32. The van der Waals surface area contributed by atoms with Crippen LogP contribution in [-0.2, 0) is 11.3 Å². The number of ether oxygens (including phenoxy) is 1. The number of hydrogen-bond acceptors (Lipinski definition) is 4. The van der Waals surface area contributed by atoms with Crippen molar-refractivity contribution >= 4 is 17.1 Å². The zero-order valence-electron chi connectivity index (χ0n) is 12.1. The molecule has 0 aliphatic rings. The molecular formula is C16H15N3O3. The molecule has 0 saturated heterocycles. The molecule has 6 nitrogen and oxygen atoms in total. The highest BCUT2D eigenvalue weighted by atomic mass is 16.5. The van der Waals surface area contributed by atoms with Crippen molar-refractivity contribution < 1.29 is 9.53 Å². The highest BCUT2D eigenvalue weighted by molar-refractivity contribution is 5.92. The quantitative estimate of drug-likeness (QED) is 0.747. The number of nitrogens with one attached hydrogen (secondary N) is 1. The Morgan fingerprint density at radius 2 is 2.09 bits per heavy atom. The maximum Gasteiger partial charge on any atom is 0.343 e. The van der Waals surface area contributed by atoms with E-state index in [1.54, 1.807) is 17.8 Å². The number of aromatic nitrogens is 3. The smallest absolute Gasteiger partial charge is 0.343 e. The lowest BCUT2D eigenvalue weighted by Crippen LogP contribution is -2.20. The minimum Gasteiger partial charge on any atom is -0.462 e. The molecule has 1 aromatic carbocycles. The summed E-state index contributed by atoms with van der Waals surface area (Å²) in [7, 11) is 0. The van der Waals surface area contributed by atoms with Gasteiger partial charge in [-0.05, 0) is 12.5 Å². The van der Waals surface area contributed by atoms with E-state index in [1.807, 2.05) is 30.3 Å².